The Hall–Kier alpha value is -0.870. The first-order chi connectivity index (χ1) is 7.95. The molecule has 17 heavy (non-hydrogen) atoms. The van der Waals surface area contributed by atoms with Crippen molar-refractivity contribution in [3.05, 3.63) is 35.9 Å². The fourth-order valence-corrected chi connectivity index (χ4v) is 2.62. The smallest absolute Gasteiger partial charge is 0.151 e. The van der Waals surface area contributed by atoms with Crippen LogP contribution < -0.4 is 5.32 Å². The van der Waals surface area contributed by atoms with Crippen LogP contribution >= 0.6 is 0 Å². The highest BCUT2D eigenvalue weighted by Gasteiger charge is 2.25. The third-order valence-electron chi connectivity index (χ3n) is 3.01. The lowest BCUT2D eigenvalue weighted by molar-refractivity contribution is 0.494. The van der Waals surface area contributed by atoms with Crippen molar-refractivity contribution in [2.75, 3.05) is 12.8 Å². The average Bonchev–Trinajstić information content (AvgIpc) is 2.28. The van der Waals surface area contributed by atoms with Gasteiger partial charge in [-0.05, 0) is 25.5 Å². The van der Waals surface area contributed by atoms with E-state index in [1.54, 1.807) is 6.92 Å². The summed E-state index contributed by atoms with van der Waals surface area (Å²) in [5, 5.41) is 2.89. The molecular weight excluding hydrogens is 234 g/mol. The first kappa shape index (κ1) is 14.2. The highest BCUT2D eigenvalue weighted by molar-refractivity contribution is 7.91. The predicted molar refractivity (Wildman–Crippen MR) is 71.9 cm³/mol. The maximum atomic E-state index is 11.6. The molecule has 0 aliphatic heterocycles. The average molecular weight is 255 g/mol. The predicted octanol–water partition coefficient (Wildman–Crippen LogP) is 1.64. The molecule has 96 valence electrons. The molecule has 0 amide bonds. The lowest BCUT2D eigenvalue weighted by atomic mass is 10.0. The summed E-state index contributed by atoms with van der Waals surface area (Å²) in [6, 6.07) is 9.94. The molecule has 1 N–H and O–H groups in total. The van der Waals surface area contributed by atoms with Crippen LogP contribution in [0.2, 0.25) is 0 Å². The minimum atomic E-state index is -3.01. The van der Waals surface area contributed by atoms with Gasteiger partial charge in [0.15, 0.2) is 9.84 Å². The number of hydrogen-bond acceptors (Lipinski definition) is 3. The van der Waals surface area contributed by atoms with Crippen LogP contribution in [0, 0.1) is 0 Å². The number of hydrogen-bond donors (Lipinski definition) is 1. The molecule has 1 aromatic carbocycles. The van der Waals surface area contributed by atoms with E-state index in [1.165, 1.54) is 6.26 Å². The zero-order valence-electron chi connectivity index (χ0n) is 10.7. The SMILES string of the molecule is CCNC(Cc1ccccc1)C(C)S(C)(=O)=O. The minimum Gasteiger partial charge on any atom is -0.313 e. The van der Waals surface area contributed by atoms with E-state index in [0.717, 1.165) is 18.5 Å². The van der Waals surface area contributed by atoms with Gasteiger partial charge < -0.3 is 5.32 Å². The molecule has 2 unspecified atom stereocenters. The van der Waals surface area contributed by atoms with Gasteiger partial charge in [-0.25, -0.2) is 8.42 Å². The summed E-state index contributed by atoms with van der Waals surface area (Å²) < 4.78 is 23.2. The molecule has 0 saturated heterocycles. The largest absolute Gasteiger partial charge is 0.313 e. The minimum absolute atomic E-state index is 0.0302. The standard InChI is InChI=1S/C13H21NO2S/c1-4-14-13(11(2)17(3,15)16)10-12-8-6-5-7-9-12/h5-9,11,13-14H,4,10H2,1-3H3. The van der Waals surface area contributed by atoms with E-state index in [1.807, 2.05) is 37.3 Å². The van der Waals surface area contributed by atoms with Gasteiger partial charge in [-0.15, -0.1) is 0 Å². The molecule has 1 aromatic rings. The monoisotopic (exact) mass is 255 g/mol. The van der Waals surface area contributed by atoms with Crippen molar-refractivity contribution >= 4 is 9.84 Å². The van der Waals surface area contributed by atoms with E-state index in [0.29, 0.717) is 0 Å². The second-order valence-corrected chi connectivity index (χ2v) is 6.79. The molecule has 0 aliphatic rings. The number of sulfone groups is 1. The fourth-order valence-electron chi connectivity index (χ4n) is 1.83. The van der Waals surface area contributed by atoms with Crippen LogP contribution in [0.4, 0.5) is 0 Å². The molecule has 0 aromatic heterocycles. The quantitative estimate of drug-likeness (QED) is 0.840. The van der Waals surface area contributed by atoms with E-state index in [2.05, 4.69) is 5.32 Å². The van der Waals surface area contributed by atoms with E-state index in [-0.39, 0.29) is 11.3 Å². The van der Waals surface area contributed by atoms with Gasteiger partial charge in [0.1, 0.15) is 0 Å². The summed E-state index contributed by atoms with van der Waals surface area (Å²) in [6.45, 7) is 4.54. The lowest BCUT2D eigenvalue weighted by Crippen LogP contribution is -2.43. The van der Waals surface area contributed by atoms with Crippen LogP contribution in [0.1, 0.15) is 19.4 Å². The van der Waals surface area contributed by atoms with Crippen molar-refractivity contribution in [2.45, 2.75) is 31.6 Å². The van der Waals surface area contributed by atoms with Crippen LogP contribution in [-0.4, -0.2) is 32.5 Å². The first-order valence-corrected chi connectivity index (χ1v) is 7.86. The van der Waals surface area contributed by atoms with Crippen molar-refractivity contribution in [1.29, 1.82) is 0 Å². The van der Waals surface area contributed by atoms with Crippen LogP contribution in [0.25, 0.3) is 0 Å². The van der Waals surface area contributed by atoms with Gasteiger partial charge in [-0.2, -0.15) is 0 Å². The van der Waals surface area contributed by atoms with Gasteiger partial charge in [0.25, 0.3) is 0 Å². The Labute approximate surface area is 104 Å². The van der Waals surface area contributed by atoms with Crippen LogP contribution in [0.5, 0.6) is 0 Å². The molecule has 2 atom stereocenters. The molecule has 0 spiro atoms. The molecule has 4 heteroatoms. The van der Waals surface area contributed by atoms with Crippen LogP contribution in [-0.2, 0) is 16.3 Å². The van der Waals surface area contributed by atoms with E-state index in [4.69, 9.17) is 0 Å². The van der Waals surface area contributed by atoms with Gasteiger partial charge >= 0.3 is 0 Å². The normalized spacial score (nSPS) is 15.5. The molecule has 0 saturated carbocycles. The Balaban J connectivity index is 2.80. The highest BCUT2D eigenvalue weighted by atomic mass is 32.2. The Kier molecular flexibility index (Phi) is 5.15. The summed E-state index contributed by atoms with van der Waals surface area (Å²) in [5.74, 6) is 0. The van der Waals surface area contributed by atoms with Gasteiger partial charge in [-0.3, -0.25) is 0 Å². The third-order valence-corrected chi connectivity index (χ3v) is 4.69. The zero-order chi connectivity index (χ0) is 12.9. The molecule has 3 nitrogen and oxygen atoms in total. The zero-order valence-corrected chi connectivity index (χ0v) is 11.5. The van der Waals surface area contributed by atoms with Gasteiger partial charge in [0, 0.05) is 12.3 Å². The third kappa shape index (κ3) is 4.48. The van der Waals surface area contributed by atoms with Crippen molar-refractivity contribution in [3.63, 3.8) is 0 Å². The number of rotatable bonds is 6. The van der Waals surface area contributed by atoms with Crippen molar-refractivity contribution < 1.29 is 8.42 Å². The van der Waals surface area contributed by atoms with Crippen molar-refractivity contribution in [3.8, 4) is 0 Å². The molecule has 0 bridgehead atoms. The Bertz CT molecular complexity index is 428. The molecule has 0 heterocycles. The van der Waals surface area contributed by atoms with E-state index < -0.39 is 9.84 Å². The van der Waals surface area contributed by atoms with Crippen LogP contribution in [0.15, 0.2) is 30.3 Å². The summed E-state index contributed by atoms with van der Waals surface area (Å²) in [5.41, 5.74) is 1.16. The number of nitrogens with one attached hydrogen (secondary N) is 1. The van der Waals surface area contributed by atoms with E-state index in [9.17, 15) is 8.42 Å². The summed E-state index contributed by atoms with van der Waals surface area (Å²) in [7, 11) is -3.01. The van der Waals surface area contributed by atoms with Gasteiger partial charge in [0.2, 0.25) is 0 Å². The first-order valence-electron chi connectivity index (χ1n) is 5.91. The maximum Gasteiger partial charge on any atom is 0.151 e. The second-order valence-electron chi connectivity index (χ2n) is 4.39. The lowest BCUT2D eigenvalue weighted by Gasteiger charge is -2.23. The maximum absolute atomic E-state index is 11.6. The Morgan fingerprint density at radius 1 is 1.24 bits per heavy atom. The molecular formula is C13H21NO2S. The van der Waals surface area contributed by atoms with Gasteiger partial charge in [-0.1, -0.05) is 37.3 Å². The van der Waals surface area contributed by atoms with Crippen molar-refractivity contribution in [2.24, 2.45) is 0 Å². The summed E-state index contributed by atoms with van der Waals surface area (Å²) in [4.78, 5) is 0. The number of benzene rings is 1. The molecule has 1 rings (SSSR count). The molecule has 0 radical (unpaired) electrons. The molecule has 0 aliphatic carbocycles. The Morgan fingerprint density at radius 3 is 2.29 bits per heavy atom. The van der Waals surface area contributed by atoms with Crippen LogP contribution in [0.3, 0.4) is 0 Å². The number of likely N-dealkylation sites (N-methyl/N-ethyl adjacent to an activating group) is 1. The Morgan fingerprint density at radius 2 is 1.82 bits per heavy atom. The summed E-state index contributed by atoms with van der Waals surface area (Å²) in [6.07, 6.45) is 2.04. The molecule has 0 fully saturated rings. The van der Waals surface area contributed by atoms with Gasteiger partial charge in [0.05, 0.1) is 5.25 Å². The second kappa shape index (κ2) is 6.17. The fraction of sp³-hybridized carbons (Fsp3) is 0.538. The highest BCUT2D eigenvalue weighted by Crippen LogP contribution is 2.11. The van der Waals surface area contributed by atoms with E-state index >= 15 is 0 Å². The summed E-state index contributed by atoms with van der Waals surface area (Å²) >= 11 is 0. The van der Waals surface area contributed by atoms with Crippen molar-refractivity contribution in [1.82, 2.24) is 5.32 Å². The topological polar surface area (TPSA) is 46.2 Å².